The third kappa shape index (κ3) is 2.96. The van der Waals surface area contributed by atoms with Gasteiger partial charge in [0, 0.05) is 11.2 Å². The number of anilines is 2. The van der Waals surface area contributed by atoms with Crippen molar-refractivity contribution in [3.05, 3.63) is 22.2 Å². The third-order valence-corrected chi connectivity index (χ3v) is 3.65. The number of rotatable bonds is 4. The largest absolute Gasteiger partial charge is 0.399 e. The normalized spacial score (nSPS) is 11.6. The number of nitrogens with one attached hydrogen (secondary N) is 1. The molecule has 90 valence electrons. The molecule has 0 unspecified atom stereocenters. The highest BCUT2D eigenvalue weighted by Crippen LogP contribution is 2.35. The van der Waals surface area contributed by atoms with Crippen molar-refractivity contribution in [2.24, 2.45) is 0 Å². The van der Waals surface area contributed by atoms with E-state index in [9.17, 15) is 0 Å². The molecule has 0 heterocycles. The van der Waals surface area contributed by atoms with Crippen LogP contribution < -0.4 is 11.1 Å². The zero-order chi connectivity index (χ0) is 12.3. The molecule has 3 N–H and O–H groups in total. The van der Waals surface area contributed by atoms with Crippen LogP contribution in [0, 0.1) is 0 Å². The van der Waals surface area contributed by atoms with Crippen molar-refractivity contribution in [1.29, 1.82) is 0 Å². The van der Waals surface area contributed by atoms with E-state index in [4.69, 9.17) is 28.9 Å². The number of hydrogen-bond donors (Lipinski definition) is 2. The van der Waals surface area contributed by atoms with Crippen LogP contribution in [0.4, 0.5) is 11.4 Å². The molecule has 1 aromatic rings. The minimum atomic E-state index is 0.00337. The Balaban J connectivity index is 3.06. The minimum absolute atomic E-state index is 0.00337. The summed E-state index contributed by atoms with van der Waals surface area (Å²) >= 11 is 12.3. The summed E-state index contributed by atoms with van der Waals surface area (Å²) in [5, 5.41) is 4.53. The number of nitrogen functional groups attached to an aromatic ring is 1. The molecule has 0 aromatic heterocycles. The van der Waals surface area contributed by atoms with Gasteiger partial charge in [-0.1, -0.05) is 37.0 Å². The second kappa shape index (κ2) is 5.15. The van der Waals surface area contributed by atoms with Crippen LogP contribution in [0.1, 0.15) is 33.6 Å². The molecule has 0 spiro atoms. The molecule has 0 saturated heterocycles. The van der Waals surface area contributed by atoms with E-state index in [0.29, 0.717) is 15.7 Å². The Bertz CT molecular complexity index is 350. The van der Waals surface area contributed by atoms with Gasteiger partial charge in [-0.05, 0) is 31.9 Å². The van der Waals surface area contributed by atoms with Gasteiger partial charge >= 0.3 is 0 Å². The van der Waals surface area contributed by atoms with E-state index < -0.39 is 0 Å². The molecule has 2 nitrogen and oxygen atoms in total. The highest BCUT2D eigenvalue weighted by atomic mass is 35.5. The summed E-state index contributed by atoms with van der Waals surface area (Å²) in [6.45, 7) is 6.42. The molecule has 0 aliphatic heterocycles. The molecule has 0 bridgehead atoms. The summed E-state index contributed by atoms with van der Waals surface area (Å²) in [7, 11) is 0. The fourth-order valence-electron chi connectivity index (χ4n) is 1.44. The SMILES string of the molecule is CCC(C)(CC)Nc1c(Cl)cc(N)cc1Cl. The molecule has 0 radical (unpaired) electrons. The molecule has 0 aliphatic rings. The number of nitrogens with two attached hydrogens (primary N) is 1. The Labute approximate surface area is 107 Å². The van der Waals surface area contributed by atoms with Gasteiger partial charge in [0.05, 0.1) is 15.7 Å². The van der Waals surface area contributed by atoms with E-state index in [1.807, 2.05) is 0 Å². The van der Waals surface area contributed by atoms with Gasteiger partial charge in [-0.3, -0.25) is 0 Å². The maximum Gasteiger partial charge on any atom is 0.0724 e. The van der Waals surface area contributed by atoms with E-state index >= 15 is 0 Å². The van der Waals surface area contributed by atoms with Gasteiger partial charge in [-0.25, -0.2) is 0 Å². The summed E-state index contributed by atoms with van der Waals surface area (Å²) in [6.07, 6.45) is 2.00. The first kappa shape index (κ1) is 13.5. The van der Waals surface area contributed by atoms with E-state index in [1.54, 1.807) is 12.1 Å². The maximum atomic E-state index is 6.13. The third-order valence-electron chi connectivity index (χ3n) is 3.05. The average molecular weight is 261 g/mol. The molecular formula is C12H18Cl2N2. The number of hydrogen-bond acceptors (Lipinski definition) is 2. The molecule has 0 amide bonds. The van der Waals surface area contributed by atoms with Crippen molar-refractivity contribution in [3.63, 3.8) is 0 Å². The van der Waals surface area contributed by atoms with Crippen LogP contribution in [-0.4, -0.2) is 5.54 Å². The van der Waals surface area contributed by atoms with Crippen LogP contribution >= 0.6 is 23.2 Å². The lowest BCUT2D eigenvalue weighted by Crippen LogP contribution is -2.33. The second-order valence-electron chi connectivity index (χ2n) is 4.25. The van der Waals surface area contributed by atoms with Gasteiger partial charge in [-0.15, -0.1) is 0 Å². The lowest BCUT2D eigenvalue weighted by atomic mass is 9.95. The fraction of sp³-hybridized carbons (Fsp3) is 0.500. The molecule has 1 aromatic carbocycles. The monoisotopic (exact) mass is 260 g/mol. The van der Waals surface area contributed by atoms with Crippen molar-refractivity contribution in [2.45, 2.75) is 39.2 Å². The first-order valence-corrected chi connectivity index (χ1v) is 6.20. The van der Waals surface area contributed by atoms with Crippen molar-refractivity contribution in [1.82, 2.24) is 0 Å². The Morgan fingerprint density at radius 2 is 1.62 bits per heavy atom. The number of benzene rings is 1. The van der Waals surface area contributed by atoms with E-state index in [-0.39, 0.29) is 5.54 Å². The van der Waals surface area contributed by atoms with Crippen LogP contribution in [0.3, 0.4) is 0 Å². The molecule has 0 atom stereocenters. The lowest BCUT2D eigenvalue weighted by Gasteiger charge is -2.30. The van der Waals surface area contributed by atoms with E-state index in [2.05, 4.69) is 26.1 Å². The maximum absolute atomic E-state index is 6.13. The minimum Gasteiger partial charge on any atom is -0.399 e. The quantitative estimate of drug-likeness (QED) is 0.779. The smallest absolute Gasteiger partial charge is 0.0724 e. The fourth-order valence-corrected chi connectivity index (χ4v) is 2.04. The van der Waals surface area contributed by atoms with Crippen LogP contribution in [-0.2, 0) is 0 Å². The molecule has 1 rings (SSSR count). The van der Waals surface area contributed by atoms with Crippen LogP contribution in [0.15, 0.2) is 12.1 Å². The second-order valence-corrected chi connectivity index (χ2v) is 5.07. The molecule has 0 aliphatic carbocycles. The zero-order valence-corrected chi connectivity index (χ0v) is 11.4. The Kier molecular flexibility index (Phi) is 4.34. The standard InChI is InChI=1S/C12H18Cl2N2/c1-4-12(3,5-2)16-11-9(13)6-8(15)7-10(11)14/h6-7,16H,4-5,15H2,1-3H3. The van der Waals surface area contributed by atoms with Crippen LogP contribution in [0.5, 0.6) is 0 Å². The van der Waals surface area contributed by atoms with Gasteiger partial charge in [0.15, 0.2) is 0 Å². The average Bonchev–Trinajstić information content (AvgIpc) is 2.23. The molecule has 0 saturated carbocycles. The molecule has 0 fully saturated rings. The summed E-state index contributed by atoms with van der Waals surface area (Å²) in [6, 6.07) is 3.42. The van der Waals surface area contributed by atoms with Crippen molar-refractivity contribution < 1.29 is 0 Å². The van der Waals surface area contributed by atoms with Gasteiger partial charge in [0.1, 0.15) is 0 Å². The van der Waals surface area contributed by atoms with Crippen molar-refractivity contribution in [3.8, 4) is 0 Å². The summed E-state index contributed by atoms with van der Waals surface area (Å²) in [5.74, 6) is 0. The van der Waals surface area contributed by atoms with Gasteiger partial charge in [-0.2, -0.15) is 0 Å². The highest BCUT2D eigenvalue weighted by molar-refractivity contribution is 6.39. The molecule has 16 heavy (non-hydrogen) atoms. The predicted octanol–water partition coefficient (Wildman–Crippen LogP) is 4.57. The number of halogens is 2. The Hall–Kier alpha value is -0.600. The predicted molar refractivity (Wildman–Crippen MR) is 73.5 cm³/mol. The van der Waals surface area contributed by atoms with Crippen molar-refractivity contribution >= 4 is 34.6 Å². The molecule has 4 heteroatoms. The summed E-state index contributed by atoms with van der Waals surface area (Å²) in [4.78, 5) is 0. The van der Waals surface area contributed by atoms with Crippen LogP contribution in [0.2, 0.25) is 10.0 Å². The molecular weight excluding hydrogens is 243 g/mol. The topological polar surface area (TPSA) is 38.0 Å². The summed E-state index contributed by atoms with van der Waals surface area (Å²) in [5.41, 5.74) is 7.01. The van der Waals surface area contributed by atoms with E-state index in [0.717, 1.165) is 18.5 Å². The highest BCUT2D eigenvalue weighted by Gasteiger charge is 2.21. The first-order chi connectivity index (χ1) is 7.41. The first-order valence-electron chi connectivity index (χ1n) is 5.44. The summed E-state index contributed by atoms with van der Waals surface area (Å²) < 4.78 is 0. The van der Waals surface area contributed by atoms with Crippen LogP contribution in [0.25, 0.3) is 0 Å². The van der Waals surface area contributed by atoms with Gasteiger partial charge in [0.25, 0.3) is 0 Å². The van der Waals surface area contributed by atoms with E-state index in [1.165, 1.54) is 0 Å². The zero-order valence-electron chi connectivity index (χ0n) is 9.90. The Morgan fingerprint density at radius 3 is 2.00 bits per heavy atom. The van der Waals surface area contributed by atoms with Crippen molar-refractivity contribution in [2.75, 3.05) is 11.1 Å². The van der Waals surface area contributed by atoms with Gasteiger partial charge in [0.2, 0.25) is 0 Å². The Morgan fingerprint density at radius 1 is 1.19 bits per heavy atom. The van der Waals surface area contributed by atoms with Gasteiger partial charge < -0.3 is 11.1 Å². The lowest BCUT2D eigenvalue weighted by molar-refractivity contribution is 0.478.